The van der Waals surface area contributed by atoms with Crippen LogP contribution in [0.15, 0.2) is 29.2 Å². The number of nitriles is 1. The number of carbonyl (C=O) groups is 2. The number of fused-ring (bicyclic) bond motifs is 1. The molecule has 146 valence electrons. The number of thioether (sulfide) groups is 1. The third-order valence-electron chi connectivity index (χ3n) is 4.41. The van der Waals surface area contributed by atoms with Crippen molar-refractivity contribution in [1.82, 2.24) is 0 Å². The van der Waals surface area contributed by atoms with Gasteiger partial charge in [-0.25, -0.2) is 0 Å². The lowest BCUT2D eigenvalue weighted by molar-refractivity contribution is -0.144. The van der Waals surface area contributed by atoms with E-state index in [2.05, 4.69) is 18.3 Å². The predicted molar refractivity (Wildman–Crippen MR) is 112 cm³/mol. The second-order valence-electron chi connectivity index (χ2n) is 6.62. The Morgan fingerprint density at radius 3 is 2.86 bits per heavy atom. The van der Waals surface area contributed by atoms with Crippen molar-refractivity contribution in [1.29, 1.82) is 5.26 Å². The fraction of sp³-hybridized carbons (Fsp3) is 0.350. The first-order valence-corrected chi connectivity index (χ1v) is 11.0. The van der Waals surface area contributed by atoms with Gasteiger partial charge in [0.1, 0.15) is 11.1 Å². The summed E-state index contributed by atoms with van der Waals surface area (Å²) in [7, 11) is 0. The lowest BCUT2D eigenvalue weighted by Gasteiger charge is -2.17. The molecule has 0 saturated carbocycles. The van der Waals surface area contributed by atoms with Crippen molar-refractivity contribution in [3.63, 3.8) is 0 Å². The zero-order chi connectivity index (χ0) is 20.1. The highest BCUT2D eigenvalue weighted by molar-refractivity contribution is 8.00. The molecule has 1 N–H and O–H groups in total. The van der Waals surface area contributed by atoms with Crippen LogP contribution >= 0.6 is 34.7 Å². The third kappa shape index (κ3) is 5.28. The lowest BCUT2D eigenvalue weighted by Crippen LogP contribution is -2.21. The molecule has 1 aliphatic rings. The van der Waals surface area contributed by atoms with Gasteiger partial charge in [0.15, 0.2) is 6.61 Å². The van der Waals surface area contributed by atoms with Gasteiger partial charge in [-0.05, 0) is 55.0 Å². The Balaban J connectivity index is 1.50. The summed E-state index contributed by atoms with van der Waals surface area (Å²) >= 11 is 8.59. The summed E-state index contributed by atoms with van der Waals surface area (Å²) in [5, 5.41) is 13.4. The molecule has 1 aromatic carbocycles. The van der Waals surface area contributed by atoms with E-state index in [9.17, 15) is 14.9 Å². The molecule has 1 heterocycles. The Hall–Kier alpha value is -2.01. The number of hydrogen-bond acceptors (Lipinski definition) is 6. The van der Waals surface area contributed by atoms with Crippen molar-refractivity contribution in [2.75, 3.05) is 17.7 Å². The van der Waals surface area contributed by atoms with Gasteiger partial charge in [0.25, 0.3) is 5.91 Å². The number of benzene rings is 1. The average molecular weight is 435 g/mol. The first-order valence-electron chi connectivity index (χ1n) is 8.84. The van der Waals surface area contributed by atoms with Gasteiger partial charge in [-0.1, -0.05) is 18.5 Å². The Morgan fingerprint density at radius 1 is 1.39 bits per heavy atom. The van der Waals surface area contributed by atoms with Crippen LogP contribution < -0.4 is 5.32 Å². The summed E-state index contributed by atoms with van der Waals surface area (Å²) < 4.78 is 5.04. The van der Waals surface area contributed by atoms with Crippen LogP contribution in [0.25, 0.3) is 0 Å². The molecule has 0 unspecified atom stereocenters. The number of nitrogens with zero attached hydrogens (tertiary/aromatic N) is 1. The maximum Gasteiger partial charge on any atom is 0.316 e. The number of thiophene rings is 1. The van der Waals surface area contributed by atoms with Gasteiger partial charge < -0.3 is 10.1 Å². The van der Waals surface area contributed by atoms with Crippen LogP contribution in [0.3, 0.4) is 0 Å². The maximum atomic E-state index is 12.2. The van der Waals surface area contributed by atoms with Crippen molar-refractivity contribution in [3.05, 3.63) is 45.3 Å². The number of rotatable bonds is 6. The monoisotopic (exact) mass is 434 g/mol. The number of anilines is 1. The van der Waals surface area contributed by atoms with E-state index >= 15 is 0 Å². The summed E-state index contributed by atoms with van der Waals surface area (Å²) in [6, 6.07) is 9.33. The number of amides is 1. The summed E-state index contributed by atoms with van der Waals surface area (Å²) in [5.74, 6) is -0.230. The topological polar surface area (TPSA) is 79.2 Å². The molecule has 1 aromatic heterocycles. The average Bonchev–Trinajstić information content (AvgIpc) is 3.01. The first kappa shape index (κ1) is 20.7. The van der Waals surface area contributed by atoms with Gasteiger partial charge in [-0.15, -0.1) is 23.1 Å². The van der Waals surface area contributed by atoms with Gasteiger partial charge in [0, 0.05) is 14.8 Å². The zero-order valence-corrected chi connectivity index (χ0v) is 17.7. The number of ether oxygens (including phenoxy) is 1. The van der Waals surface area contributed by atoms with E-state index < -0.39 is 11.9 Å². The van der Waals surface area contributed by atoms with Crippen molar-refractivity contribution < 1.29 is 14.3 Å². The summed E-state index contributed by atoms with van der Waals surface area (Å²) in [4.78, 5) is 26.1. The number of esters is 1. The van der Waals surface area contributed by atoms with E-state index in [1.54, 1.807) is 12.1 Å². The highest BCUT2D eigenvalue weighted by atomic mass is 35.5. The Kier molecular flexibility index (Phi) is 7.00. The molecule has 1 amide bonds. The van der Waals surface area contributed by atoms with Gasteiger partial charge in [-0.3, -0.25) is 9.59 Å². The highest BCUT2D eigenvalue weighted by Gasteiger charge is 2.24. The predicted octanol–water partition coefficient (Wildman–Crippen LogP) is 4.67. The van der Waals surface area contributed by atoms with E-state index in [0.717, 1.165) is 29.7 Å². The summed E-state index contributed by atoms with van der Waals surface area (Å²) in [6.07, 6.45) is 2.85. The van der Waals surface area contributed by atoms with Crippen LogP contribution in [-0.4, -0.2) is 24.2 Å². The molecule has 0 fully saturated rings. The van der Waals surface area contributed by atoms with Crippen molar-refractivity contribution in [3.8, 4) is 6.07 Å². The minimum Gasteiger partial charge on any atom is -0.455 e. The van der Waals surface area contributed by atoms with Crippen LogP contribution in [0.4, 0.5) is 5.00 Å². The normalized spacial score (nSPS) is 15.4. The SMILES string of the molecule is C[C@H]1CCc2c(sc(NC(=O)COC(=O)CSc3ccc(Cl)cc3)c2C#N)C1. The smallest absolute Gasteiger partial charge is 0.316 e. The number of carbonyl (C=O) groups excluding carboxylic acids is 2. The van der Waals surface area contributed by atoms with Gasteiger partial charge in [0.05, 0.1) is 11.3 Å². The number of hydrogen-bond donors (Lipinski definition) is 1. The molecule has 0 aliphatic heterocycles. The zero-order valence-electron chi connectivity index (χ0n) is 15.3. The lowest BCUT2D eigenvalue weighted by atomic mass is 9.89. The van der Waals surface area contributed by atoms with E-state index in [1.165, 1.54) is 28.0 Å². The molecule has 1 aliphatic carbocycles. The molecule has 0 saturated heterocycles. The van der Waals surface area contributed by atoms with Crippen LogP contribution in [0.2, 0.25) is 5.02 Å². The Labute approximate surface area is 177 Å². The number of halogens is 1. The van der Waals surface area contributed by atoms with Crippen molar-refractivity contribution >= 4 is 51.6 Å². The summed E-state index contributed by atoms with van der Waals surface area (Å²) in [5.41, 5.74) is 1.60. The minimum absolute atomic E-state index is 0.101. The second-order valence-corrected chi connectivity index (χ2v) is 9.21. The Bertz CT molecular complexity index is 919. The molecular weight excluding hydrogens is 416 g/mol. The fourth-order valence-corrected chi connectivity index (χ4v) is 5.18. The molecule has 5 nitrogen and oxygen atoms in total. The molecule has 3 rings (SSSR count). The van der Waals surface area contributed by atoms with Gasteiger partial charge in [0.2, 0.25) is 0 Å². The molecule has 1 atom stereocenters. The molecular formula is C20H19ClN2O3S2. The molecule has 8 heteroatoms. The molecule has 2 aromatic rings. The fourth-order valence-electron chi connectivity index (χ4n) is 2.98. The van der Waals surface area contributed by atoms with Crippen LogP contribution in [0.5, 0.6) is 0 Å². The van der Waals surface area contributed by atoms with Crippen molar-refractivity contribution in [2.24, 2.45) is 5.92 Å². The highest BCUT2D eigenvalue weighted by Crippen LogP contribution is 2.39. The van der Waals surface area contributed by atoms with E-state index in [0.29, 0.717) is 21.5 Å². The van der Waals surface area contributed by atoms with Gasteiger partial charge >= 0.3 is 5.97 Å². The second kappa shape index (κ2) is 9.46. The van der Waals surface area contributed by atoms with Crippen LogP contribution in [0.1, 0.15) is 29.3 Å². The van der Waals surface area contributed by atoms with Crippen molar-refractivity contribution in [2.45, 2.75) is 31.1 Å². The van der Waals surface area contributed by atoms with E-state index in [4.69, 9.17) is 16.3 Å². The largest absolute Gasteiger partial charge is 0.455 e. The summed E-state index contributed by atoms with van der Waals surface area (Å²) in [6.45, 7) is 1.82. The Morgan fingerprint density at radius 2 is 2.14 bits per heavy atom. The molecule has 0 spiro atoms. The van der Waals surface area contributed by atoms with Gasteiger partial charge in [-0.2, -0.15) is 5.26 Å². The number of nitrogens with one attached hydrogen (secondary N) is 1. The van der Waals surface area contributed by atoms with E-state index in [-0.39, 0.29) is 12.4 Å². The molecule has 0 radical (unpaired) electrons. The maximum absolute atomic E-state index is 12.2. The van der Waals surface area contributed by atoms with E-state index in [1.807, 2.05) is 12.1 Å². The van der Waals surface area contributed by atoms with Crippen LogP contribution in [-0.2, 0) is 27.2 Å². The first-order chi connectivity index (χ1) is 13.5. The molecule has 28 heavy (non-hydrogen) atoms. The quantitative estimate of drug-likeness (QED) is 0.527. The standard InChI is InChI=1S/C20H19ClN2O3S2/c1-12-2-7-15-16(9-22)20(28-17(15)8-12)23-18(24)10-26-19(25)11-27-14-5-3-13(21)4-6-14/h3-6,12H,2,7-8,10-11H2,1H3,(H,23,24)/t12-/m0/s1. The molecule has 0 bridgehead atoms. The third-order valence-corrected chi connectivity index (χ3v) is 6.82. The minimum atomic E-state index is -0.477. The van der Waals surface area contributed by atoms with Crippen LogP contribution in [0, 0.1) is 17.2 Å².